The van der Waals surface area contributed by atoms with Crippen LogP contribution in [0.25, 0.3) is 0 Å². The molecule has 2 nitrogen and oxygen atoms in total. The monoisotopic (exact) mass is 212 g/mol. The summed E-state index contributed by atoms with van der Waals surface area (Å²) < 4.78 is 4.81. The molecule has 0 rings (SSSR count). The Hall–Kier alpha value is -0.0600. The summed E-state index contributed by atoms with van der Waals surface area (Å²) in [6.45, 7) is 4.68. The van der Waals surface area contributed by atoms with Crippen LogP contribution in [0.2, 0.25) is 0 Å². The van der Waals surface area contributed by atoms with Gasteiger partial charge in [-0.15, -0.1) is 0 Å². The van der Waals surface area contributed by atoms with E-state index in [1.807, 2.05) is 22.6 Å². The standard InChI is InChI=1S/C4H5IO2/c1-3(5)7-4(2)6/h1H2,2H3. The summed E-state index contributed by atoms with van der Waals surface area (Å²) >= 11 is 1.82. The number of hydrogen-bond donors (Lipinski definition) is 0. The lowest BCUT2D eigenvalue weighted by molar-refractivity contribution is -0.135. The molecule has 0 unspecified atom stereocenters. The Labute approximate surface area is 55.7 Å². The Morgan fingerprint density at radius 3 is 2.29 bits per heavy atom. The average molecular weight is 212 g/mol. The lowest BCUT2D eigenvalue weighted by Gasteiger charge is -1.91. The zero-order chi connectivity index (χ0) is 5.86. The van der Waals surface area contributed by atoms with Crippen LogP contribution in [0.1, 0.15) is 6.92 Å². The first-order valence-corrected chi connectivity index (χ1v) is 2.73. The van der Waals surface area contributed by atoms with E-state index < -0.39 is 0 Å². The van der Waals surface area contributed by atoms with Gasteiger partial charge in [0.05, 0.1) is 0 Å². The number of esters is 1. The highest BCUT2D eigenvalue weighted by Crippen LogP contribution is 2.02. The minimum Gasteiger partial charge on any atom is -0.421 e. The van der Waals surface area contributed by atoms with E-state index in [0.717, 1.165) is 0 Å². The molecule has 0 aliphatic rings. The lowest BCUT2D eigenvalue weighted by Crippen LogP contribution is -1.91. The van der Waals surface area contributed by atoms with E-state index in [4.69, 9.17) is 0 Å². The number of hydrogen-bond acceptors (Lipinski definition) is 2. The van der Waals surface area contributed by atoms with E-state index in [2.05, 4.69) is 11.3 Å². The van der Waals surface area contributed by atoms with Crippen molar-refractivity contribution in [3.05, 3.63) is 10.3 Å². The van der Waals surface area contributed by atoms with Gasteiger partial charge in [0.2, 0.25) is 0 Å². The second-order valence-electron chi connectivity index (χ2n) is 0.949. The predicted molar refractivity (Wildman–Crippen MR) is 34.9 cm³/mol. The van der Waals surface area contributed by atoms with Crippen LogP contribution in [0.3, 0.4) is 0 Å². The van der Waals surface area contributed by atoms with Crippen LogP contribution in [0, 0.1) is 0 Å². The molecule has 0 aliphatic carbocycles. The molecule has 0 saturated carbocycles. The maximum absolute atomic E-state index is 9.97. The molecule has 0 saturated heterocycles. The highest BCUT2D eigenvalue weighted by molar-refractivity contribution is 14.1. The van der Waals surface area contributed by atoms with Crippen LogP contribution >= 0.6 is 22.6 Å². The molecule has 0 amide bonds. The molecule has 3 heteroatoms. The van der Waals surface area contributed by atoms with Crippen LogP contribution in [0.5, 0.6) is 0 Å². The molecule has 0 aliphatic heterocycles. The van der Waals surface area contributed by atoms with Crippen LogP contribution in [0.15, 0.2) is 10.3 Å². The van der Waals surface area contributed by atoms with Crippen molar-refractivity contribution >= 4 is 28.6 Å². The van der Waals surface area contributed by atoms with E-state index in [0.29, 0.717) is 3.77 Å². The highest BCUT2D eigenvalue weighted by Gasteiger charge is 1.89. The van der Waals surface area contributed by atoms with E-state index in [1.54, 1.807) is 0 Å². The number of ether oxygens (including phenoxy) is 1. The van der Waals surface area contributed by atoms with Crippen molar-refractivity contribution in [2.45, 2.75) is 6.92 Å². The second-order valence-corrected chi connectivity index (χ2v) is 2.15. The van der Waals surface area contributed by atoms with Gasteiger partial charge in [-0.05, 0) is 29.2 Å². The first-order valence-electron chi connectivity index (χ1n) is 1.65. The van der Waals surface area contributed by atoms with E-state index in [9.17, 15) is 4.79 Å². The van der Waals surface area contributed by atoms with Crippen molar-refractivity contribution in [1.29, 1.82) is 0 Å². The van der Waals surface area contributed by atoms with Crippen LogP contribution in [-0.4, -0.2) is 5.97 Å². The Morgan fingerprint density at radius 2 is 2.29 bits per heavy atom. The van der Waals surface area contributed by atoms with E-state index in [1.165, 1.54) is 6.92 Å². The molecule has 0 aromatic carbocycles. The molecule has 0 heterocycles. The lowest BCUT2D eigenvalue weighted by atomic mass is 10.8. The molecule has 0 atom stereocenters. The smallest absolute Gasteiger partial charge is 0.308 e. The third kappa shape index (κ3) is 5.94. The number of carbonyl (C=O) groups is 1. The van der Waals surface area contributed by atoms with Crippen molar-refractivity contribution in [2.24, 2.45) is 0 Å². The predicted octanol–water partition coefficient (Wildman–Crippen LogP) is 1.46. The summed E-state index contributed by atoms with van der Waals surface area (Å²) in [5.74, 6) is -0.320. The van der Waals surface area contributed by atoms with Crippen molar-refractivity contribution in [3.8, 4) is 0 Å². The third-order valence-corrected chi connectivity index (χ3v) is 0.475. The summed E-state index contributed by atoms with van der Waals surface area (Å²) in [6, 6.07) is 0. The summed E-state index contributed by atoms with van der Waals surface area (Å²) in [4.78, 5) is 9.97. The maximum Gasteiger partial charge on any atom is 0.308 e. The van der Waals surface area contributed by atoms with Crippen molar-refractivity contribution in [1.82, 2.24) is 0 Å². The minimum absolute atomic E-state index is 0.320. The molecule has 0 fully saturated rings. The van der Waals surface area contributed by atoms with Crippen LogP contribution in [0.4, 0.5) is 0 Å². The molecule has 7 heavy (non-hydrogen) atoms. The number of carbonyl (C=O) groups excluding carboxylic acids is 1. The van der Waals surface area contributed by atoms with Gasteiger partial charge < -0.3 is 4.74 Å². The van der Waals surface area contributed by atoms with E-state index in [-0.39, 0.29) is 5.97 Å². The fraction of sp³-hybridized carbons (Fsp3) is 0.250. The van der Waals surface area contributed by atoms with Crippen molar-refractivity contribution < 1.29 is 9.53 Å². The van der Waals surface area contributed by atoms with E-state index >= 15 is 0 Å². The maximum atomic E-state index is 9.97. The van der Waals surface area contributed by atoms with Gasteiger partial charge in [-0.1, -0.05) is 0 Å². The Balaban J connectivity index is 3.32. The van der Waals surface area contributed by atoms with Gasteiger partial charge in [0.1, 0.15) is 0 Å². The van der Waals surface area contributed by atoms with Crippen LogP contribution in [-0.2, 0) is 9.53 Å². The molecule has 0 bridgehead atoms. The van der Waals surface area contributed by atoms with Gasteiger partial charge in [-0.2, -0.15) is 0 Å². The van der Waals surface area contributed by atoms with Gasteiger partial charge >= 0.3 is 5.97 Å². The quantitative estimate of drug-likeness (QED) is 0.373. The second kappa shape index (κ2) is 3.01. The van der Waals surface area contributed by atoms with Crippen molar-refractivity contribution in [2.75, 3.05) is 0 Å². The molecule has 0 radical (unpaired) electrons. The SMILES string of the molecule is C=C(I)OC(C)=O. The van der Waals surface area contributed by atoms with Crippen LogP contribution < -0.4 is 0 Å². The largest absolute Gasteiger partial charge is 0.421 e. The Kier molecular flexibility index (Phi) is 2.98. The Morgan fingerprint density at radius 1 is 1.86 bits per heavy atom. The summed E-state index contributed by atoms with van der Waals surface area (Å²) in [6.07, 6.45) is 0. The third-order valence-electron chi connectivity index (χ3n) is 0.254. The van der Waals surface area contributed by atoms with Crippen molar-refractivity contribution in [3.63, 3.8) is 0 Å². The molecule has 0 N–H and O–H groups in total. The van der Waals surface area contributed by atoms with Gasteiger partial charge in [0.15, 0.2) is 3.77 Å². The van der Waals surface area contributed by atoms with Gasteiger partial charge in [-0.3, -0.25) is 4.79 Å². The molecule has 0 spiro atoms. The number of rotatable bonds is 1. The first kappa shape index (κ1) is 6.94. The first-order chi connectivity index (χ1) is 3.13. The van der Waals surface area contributed by atoms with Gasteiger partial charge in [0.25, 0.3) is 0 Å². The fourth-order valence-electron chi connectivity index (χ4n) is 0.156. The zero-order valence-electron chi connectivity index (χ0n) is 3.90. The topological polar surface area (TPSA) is 26.3 Å². The van der Waals surface area contributed by atoms with Gasteiger partial charge in [0, 0.05) is 6.92 Å². The molecular formula is C4H5IO2. The molecular weight excluding hydrogens is 207 g/mol. The van der Waals surface area contributed by atoms with Gasteiger partial charge in [-0.25, -0.2) is 0 Å². The molecule has 40 valence electrons. The Bertz CT molecular complexity index is 85.9. The molecule has 0 aromatic rings. The highest BCUT2D eigenvalue weighted by atomic mass is 127. The summed E-state index contributed by atoms with van der Waals surface area (Å²) in [7, 11) is 0. The summed E-state index contributed by atoms with van der Waals surface area (Å²) in [5.41, 5.74) is 0. The summed E-state index contributed by atoms with van der Waals surface area (Å²) in [5, 5.41) is 0. The minimum atomic E-state index is -0.320. The normalized spacial score (nSPS) is 7.71. The fourth-order valence-corrected chi connectivity index (χ4v) is 0.466. The zero-order valence-corrected chi connectivity index (χ0v) is 6.06. The average Bonchev–Trinajstić information content (AvgIpc) is 1.27. The molecule has 0 aromatic heterocycles. The number of halogens is 1.